The summed E-state index contributed by atoms with van der Waals surface area (Å²) in [7, 11) is 0. The predicted octanol–water partition coefficient (Wildman–Crippen LogP) is 3.15. The number of thioether (sulfide) groups is 1. The van der Waals surface area contributed by atoms with Crippen LogP contribution < -0.4 is 5.32 Å². The van der Waals surface area contributed by atoms with Crippen molar-refractivity contribution in [1.29, 1.82) is 0 Å². The summed E-state index contributed by atoms with van der Waals surface area (Å²) in [6.45, 7) is 4.12. The molecule has 1 amide bonds. The molecule has 0 aromatic carbocycles. The Bertz CT molecular complexity index is 491. The van der Waals surface area contributed by atoms with Crippen LogP contribution in [0.2, 0.25) is 0 Å². The SMILES string of the molecule is CC(C)C1SC(N[C@H]2C3CC4CC2C[C@](F)(C4)C3)=NC1=O. The molecule has 4 aliphatic carbocycles. The van der Waals surface area contributed by atoms with Gasteiger partial charge in [0.2, 0.25) is 0 Å². The van der Waals surface area contributed by atoms with Crippen LogP contribution in [-0.2, 0) is 4.79 Å². The van der Waals surface area contributed by atoms with Crippen LogP contribution in [0, 0.1) is 23.7 Å². The molecule has 116 valence electrons. The van der Waals surface area contributed by atoms with E-state index >= 15 is 0 Å². The van der Waals surface area contributed by atoms with Gasteiger partial charge in [0.15, 0.2) is 5.17 Å². The summed E-state index contributed by atoms with van der Waals surface area (Å²) < 4.78 is 14.7. The molecule has 4 saturated carbocycles. The van der Waals surface area contributed by atoms with E-state index in [0.29, 0.717) is 42.6 Å². The number of amidine groups is 1. The first-order valence-corrected chi connectivity index (χ1v) is 9.06. The summed E-state index contributed by atoms with van der Waals surface area (Å²) in [6.07, 6.45) is 4.50. The lowest BCUT2D eigenvalue weighted by Gasteiger charge is -2.57. The van der Waals surface area contributed by atoms with Crippen molar-refractivity contribution in [3.8, 4) is 0 Å². The lowest BCUT2D eigenvalue weighted by atomic mass is 9.53. The normalized spacial score (nSPS) is 48.1. The maximum Gasteiger partial charge on any atom is 0.261 e. The van der Waals surface area contributed by atoms with Crippen LogP contribution in [0.4, 0.5) is 4.39 Å². The van der Waals surface area contributed by atoms with Gasteiger partial charge in [-0.2, -0.15) is 4.99 Å². The van der Waals surface area contributed by atoms with Gasteiger partial charge in [-0.05, 0) is 55.8 Å². The molecule has 0 aromatic rings. The highest BCUT2D eigenvalue weighted by Crippen LogP contribution is 2.57. The first kappa shape index (κ1) is 14.0. The van der Waals surface area contributed by atoms with Crippen LogP contribution in [0.15, 0.2) is 4.99 Å². The summed E-state index contributed by atoms with van der Waals surface area (Å²) >= 11 is 1.57. The number of alkyl halides is 1. The zero-order valence-corrected chi connectivity index (χ0v) is 13.5. The van der Waals surface area contributed by atoms with Crippen molar-refractivity contribution in [2.24, 2.45) is 28.7 Å². The summed E-state index contributed by atoms with van der Waals surface area (Å²) in [5, 5.41) is 4.26. The van der Waals surface area contributed by atoms with E-state index in [2.05, 4.69) is 24.2 Å². The average molecular weight is 310 g/mol. The topological polar surface area (TPSA) is 41.5 Å². The number of nitrogens with zero attached hydrogens (tertiary/aromatic N) is 1. The van der Waals surface area contributed by atoms with Gasteiger partial charge >= 0.3 is 0 Å². The van der Waals surface area contributed by atoms with Crippen LogP contribution in [0.25, 0.3) is 0 Å². The van der Waals surface area contributed by atoms with Gasteiger partial charge in [-0.25, -0.2) is 4.39 Å². The molecular weight excluding hydrogens is 287 g/mol. The Morgan fingerprint density at radius 1 is 1.29 bits per heavy atom. The highest BCUT2D eigenvalue weighted by molar-refractivity contribution is 8.15. The molecule has 21 heavy (non-hydrogen) atoms. The van der Waals surface area contributed by atoms with Crippen molar-refractivity contribution in [1.82, 2.24) is 5.32 Å². The molecule has 0 radical (unpaired) electrons. The third-order valence-corrected chi connectivity index (χ3v) is 7.22. The smallest absolute Gasteiger partial charge is 0.261 e. The maximum atomic E-state index is 14.7. The standard InChI is InChI=1S/C16H23FN2OS/c1-8(2)13-14(20)19-15(21-13)18-12-10-3-9-4-11(12)7-16(17,5-9)6-10/h8-13H,3-7H2,1-2H3,(H,18,19,20)/t9?,10?,11?,12-,13?,16-. The number of carbonyl (C=O) groups is 1. The highest BCUT2D eigenvalue weighted by Gasteiger charge is 2.56. The summed E-state index contributed by atoms with van der Waals surface area (Å²) in [4.78, 5) is 16.1. The molecule has 1 heterocycles. The van der Waals surface area contributed by atoms with E-state index < -0.39 is 5.67 Å². The van der Waals surface area contributed by atoms with Crippen LogP contribution >= 0.6 is 11.8 Å². The van der Waals surface area contributed by atoms with E-state index in [9.17, 15) is 9.18 Å². The van der Waals surface area contributed by atoms with E-state index in [-0.39, 0.29) is 11.2 Å². The van der Waals surface area contributed by atoms with Crippen molar-refractivity contribution in [3.05, 3.63) is 0 Å². The minimum Gasteiger partial charge on any atom is -0.361 e. The number of rotatable bonds is 2. The zero-order valence-electron chi connectivity index (χ0n) is 12.6. The molecule has 1 N–H and O–H groups in total. The van der Waals surface area contributed by atoms with E-state index in [1.54, 1.807) is 11.8 Å². The fourth-order valence-corrected chi connectivity index (χ4v) is 6.16. The number of hydrogen-bond acceptors (Lipinski definition) is 3. The number of aliphatic imine (C=N–C) groups is 1. The molecule has 0 saturated heterocycles. The van der Waals surface area contributed by atoms with Gasteiger partial charge in [-0.3, -0.25) is 4.79 Å². The fourth-order valence-electron chi connectivity index (χ4n) is 5.15. The summed E-state index contributed by atoms with van der Waals surface area (Å²) in [5.41, 5.74) is -0.893. The molecule has 3 unspecified atom stereocenters. The maximum absolute atomic E-state index is 14.7. The van der Waals surface area contributed by atoms with Crippen molar-refractivity contribution in [2.45, 2.75) is 62.9 Å². The molecule has 1 aliphatic heterocycles. The van der Waals surface area contributed by atoms with Gasteiger partial charge < -0.3 is 5.32 Å². The molecule has 0 spiro atoms. The van der Waals surface area contributed by atoms with Crippen molar-refractivity contribution >= 4 is 22.8 Å². The Morgan fingerprint density at radius 3 is 2.48 bits per heavy atom. The van der Waals surface area contributed by atoms with Gasteiger partial charge in [0.25, 0.3) is 5.91 Å². The van der Waals surface area contributed by atoms with E-state index in [0.717, 1.165) is 24.4 Å². The Labute approximate surface area is 129 Å². The van der Waals surface area contributed by atoms with Crippen molar-refractivity contribution in [2.75, 3.05) is 0 Å². The molecule has 5 rings (SSSR count). The van der Waals surface area contributed by atoms with Gasteiger partial charge in [0.05, 0.1) is 5.25 Å². The molecule has 3 atom stereocenters. The van der Waals surface area contributed by atoms with Gasteiger partial charge in [0.1, 0.15) is 5.67 Å². The Morgan fingerprint density at radius 2 is 1.95 bits per heavy atom. The Balaban J connectivity index is 1.47. The lowest BCUT2D eigenvalue weighted by Crippen LogP contribution is -2.60. The second-order valence-corrected chi connectivity index (χ2v) is 8.96. The van der Waals surface area contributed by atoms with Gasteiger partial charge in [-0.1, -0.05) is 25.6 Å². The van der Waals surface area contributed by atoms with E-state index in [4.69, 9.17) is 0 Å². The fraction of sp³-hybridized carbons (Fsp3) is 0.875. The lowest BCUT2D eigenvalue weighted by molar-refractivity contribution is -0.117. The third kappa shape index (κ3) is 2.32. The number of hydrogen-bond donors (Lipinski definition) is 1. The summed E-state index contributed by atoms with van der Waals surface area (Å²) in [5.74, 6) is 1.74. The number of amides is 1. The monoisotopic (exact) mass is 310 g/mol. The molecule has 4 fully saturated rings. The van der Waals surface area contributed by atoms with Crippen LogP contribution in [0.1, 0.15) is 46.0 Å². The molecule has 0 aromatic heterocycles. The number of carbonyl (C=O) groups excluding carboxylic acids is 1. The Kier molecular flexibility index (Phi) is 3.15. The average Bonchev–Trinajstić information content (AvgIpc) is 2.73. The second kappa shape index (κ2) is 4.71. The molecule has 5 heteroatoms. The second-order valence-electron chi connectivity index (χ2n) is 7.83. The van der Waals surface area contributed by atoms with E-state index in [1.165, 1.54) is 0 Å². The quantitative estimate of drug-likeness (QED) is 0.852. The molecule has 3 nitrogen and oxygen atoms in total. The Hall–Kier alpha value is -0.580. The molecular formula is C16H23FN2OS. The number of nitrogens with one attached hydrogen (secondary N) is 1. The summed E-state index contributed by atoms with van der Waals surface area (Å²) in [6, 6.07) is 0.329. The van der Waals surface area contributed by atoms with Crippen LogP contribution in [0.5, 0.6) is 0 Å². The zero-order chi connectivity index (χ0) is 14.8. The minimum absolute atomic E-state index is 0.0109. The third-order valence-electron chi connectivity index (χ3n) is 5.79. The highest BCUT2D eigenvalue weighted by atomic mass is 32.2. The molecule has 5 aliphatic rings. The molecule has 4 bridgehead atoms. The van der Waals surface area contributed by atoms with Crippen LogP contribution in [0.3, 0.4) is 0 Å². The first-order valence-electron chi connectivity index (χ1n) is 8.18. The van der Waals surface area contributed by atoms with Gasteiger partial charge in [0, 0.05) is 6.04 Å². The van der Waals surface area contributed by atoms with Crippen LogP contribution in [-0.4, -0.2) is 28.0 Å². The van der Waals surface area contributed by atoms with Crippen molar-refractivity contribution in [3.63, 3.8) is 0 Å². The van der Waals surface area contributed by atoms with E-state index in [1.807, 2.05) is 0 Å². The number of halogens is 1. The van der Waals surface area contributed by atoms with Crippen molar-refractivity contribution < 1.29 is 9.18 Å². The van der Waals surface area contributed by atoms with Gasteiger partial charge in [-0.15, -0.1) is 0 Å². The first-order chi connectivity index (χ1) is 9.93. The predicted molar refractivity (Wildman–Crippen MR) is 83.0 cm³/mol. The minimum atomic E-state index is -0.893. The largest absolute Gasteiger partial charge is 0.361 e.